The minimum Gasteiger partial charge on any atom is -0.494 e. The maximum atomic E-state index is 12.4. The molecule has 2 rings (SSSR count). The Morgan fingerprint density at radius 1 is 1.43 bits per heavy atom. The third-order valence-corrected chi connectivity index (χ3v) is 6.50. The molecule has 5 nitrogen and oxygen atoms in total. The monoisotopic (exact) mass is 330 g/mol. The van der Waals surface area contributed by atoms with E-state index < -0.39 is 10.0 Å². The molecule has 0 bridgehead atoms. The van der Waals surface area contributed by atoms with Crippen molar-refractivity contribution in [1.29, 1.82) is 0 Å². The Kier molecular flexibility index (Phi) is 5.19. The predicted molar refractivity (Wildman–Crippen MR) is 86.2 cm³/mol. The molecule has 3 N–H and O–H groups in total. The van der Waals surface area contributed by atoms with Crippen molar-refractivity contribution in [2.24, 2.45) is 5.73 Å². The lowest BCUT2D eigenvalue weighted by atomic mass is 10.2. The lowest BCUT2D eigenvalue weighted by Gasteiger charge is -2.15. The van der Waals surface area contributed by atoms with Crippen molar-refractivity contribution >= 4 is 21.8 Å². The van der Waals surface area contributed by atoms with Crippen LogP contribution in [0.15, 0.2) is 23.1 Å². The number of ether oxygens (including phenoxy) is 1. The summed E-state index contributed by atoms with van der Waals surface area (Å²) < 4.78 is 32.9. The Hall–Kier alpha value is -0.760. The first kappa shape index (κ1) is 16.6. The molecule has 0 spiro atoms. The van der Waals surface area contributed by atoms with Gasteiger partial charge in [-0.15, -0.1) is 0 Å². The van der Waals surface area contributed by atoms with Crippen molar-refractivity contribution in [2.45, 2.75) is 36.0 Å². The normalized spacial score (nSPS) is 16.7. The number of hydrogen-bond donors (Lipinski definition) is 2. The Labute approximate surface area is 130 Å². The van der Waals surface area contributed by atoms with Crippen LogP contribution in [0, 0.1) is 0 Å². The molecule has 7 heteroatoms. The van der Waals surface area contributed by atoms with Crippen LogP contribution in [0.1, 0.15) is 25.3 Å². The standard InChI is InChI=1S/C14H22N2O3S2/c1-3-19-13-5-4-12(8-11(13)9-15)21(17,18)16-10-14(20-2)6-7-14/h4-5,8,16H,3,6-7,9-10,15H2,1-2H3. The van der Waals surface area contributed by atoms with E-state index in [1.165, 1.54) is 0 Å². The summed E-state index contributed by atoms with van der Waals surface area (Å²) in [5.74, 6) is 0.640. The fourth-order valence-electron chi connectivity index (χ4n) is 2.08. The summed E-state index contributed by atoms with van der Waals surface area (Å²) in [5.41, 5.74) is 6.37. The Morgan fingerprint density at radius 3 is 2.67 bits per heavy atom. The smallest absolute Gasteiger partial charge is 0.240 e. The molecule has 1 fully saturated rings. The van der Waals surface area contributed by atoms with Crippen LogP contribution in [0.4, 0.5) is 0 Å². The molecule has 0 heterocycles. The van der Waals surface area contributed by atoms with Gasteiger partial charge in [-0.1, -0.05) is 0 Å². The number of rotatable bonds is 8. The van der Waals surface area contributed by atoms with E-state index in [4.69, 9.17) is 10.5 Å². The first-order valence-corrected chi connectivity index (χ1v) is 9.68. The number of nitrogens with two attached hydrogens (primary N) is 1. The molecule has 1 aliphatic rings. The summed E-state index contributed by atoms with van der Waals surface area (Å²) in [7, 11) is -3.50. The van der Waals surface area contributed by atoms with Crippen molar-refractivity contribution in [3.05, 3.63) is 23.8 Å². The average molecular weight is 330 g/mol. The molecule has 0 amide bonds. The van der Waals surface area contributed by atoms with E-state index in [1.54, 1.807) is 30.0 Å². The maximum Gasteiger partial charge on any atom is 0.240 e. The largest absolute Gasteiger partial charge is 0.494 e. The van der Waals surface area contributed by atoms with Gasteiger partial charge in [0.05, 0.1) is 11.5 Å². The van der Waals surface area contributed by atoms with Gasteiger partial charge in [-0.05, 0) is 44.2 Å². The quantitative estimate of drug-likeness (QED) is 0.758. The first-order valence-electron chi connectivity index (χ1n) is 6.97. The number of benzene rings is 1. The van der Waals surface area contributed by atoms with Gasteiger partial charge in [-0.3, -0.25) is 0 Å². The lowest BCUT2D eigenvalue weighted by Crippen LogP contribution is -2.31. The van der Waals surface area contributed by atoms with Crippen molar-refractivity contribution < 1.29 is 13.2 Å². The van der Waals surface area contributed by atoms with Gasteiger partial charge in [-0.2, -0.15) is 11.8 Å². The second-order valence-corrected chi connectivity index (χ2v) is 8.16. The zero-order valence-corrected chi connectivity index (χ0v) is 14.0. The van der Waals surface area contributed by atoms with Crippen LogP contribution in [0.25, 0.3) is 0 Å². The number of nitrogens with one attached hydrogen (secondary N) is 1. The fourth-order valence-corrected chi connectivity index (χ4v) is 4.08. The van der Waals surface area contributed by atoms with E-state index in [1.807, 2.05) is 13.2 Å². The van der Waals surface area contributed by atoms with Gasteiger partial charge in [-0.25, -0.2) is 13.1 Å². The molecule has 1 saturated carbocycles. The van der Waals surface area contributed by atoms with Crippen molar-refractivity contribution in [3.8, 4) is 5.75 Å². The van der Waals surface area contributed by atoms with Gasteiger partial charge in [0.1, 0.15) is 5.75 Å². The summed E-state index contributed by atoms with van der Waals surface area (Å²) in [5, 5.41) is 0. The van der Waals surface area contributed by atoms with Crippen LogP contribution >= 0.6 is 11.8 Å². The Balaban J connectivity index is 2.15. The van der Waals surface area contributed by atoms with Gasteiger partial charge in [0.25, 0.3) is 0 Å². The molecule has 1 aliphatic carbocycles. The molecular weight excluding hydrogens is 308 g/mol. The summed E-state index contributed by atoms with van der Waals surface area (Å²) >= 11 is 1.72. The van der Waals surface area contributed by atoms with Gasteiger partial charge in [0, 0.05) is 23.4 Å². The fraction of sp³-hybridized carbons (Fsp3) is 0.571. The summed E-state index contributed by atoms with van der Waals surface area (Å²) in [6, 6.07) is 4.82. The minimum absolute atomic E-state index is 0.0923. The Morgan fingerprint density at radius 2 is 2.14 bits per heavy atom. The zero-order valence-electron chi connectivity index (χ0n) is 12.4. The van der Waals surface area contributed by atoms with E-state index in [-0.39, 0.29) is 16.2 Å². The van der Waals surface area contributed by atoms with E-state index in [0.717, 1.165) is 12.8 Å². The highest BCUT2D eigenvalue weighted by Gasteiger charge is 2.42. The summed E-state index contributed by atoms with van der Waals surface area (Å²) in [6.45, 7) is 3.12. The molecule has 0 atom stereocenters. The molecule has 0 unspecified atom stereocenters. The zero-order chi connectivity index (χ0) is 15.5. The topological polar surface area (TPSA) is 81.4 Å². The highest BCUT2D eigenvalue weighted by atomic mass is 32.2. The third-order valence-electron chi connectivity index (χ3n) is 3.69. The molecule has 1 aromatic rings. The van der Waals surface area contributed by atoms with E-state index in [0.29, 0.717) is 24.5 Å². The lowest BCUT2D eigenvalue weighted by molar-refractivity contribution is 0.336. The second kappa shape index (κ2) is 6.56. The molecular formula is C14H22N2O3S2. The predicted octanol–water partition coefficient (Wildman–Crippen LogP) is 1.72. The van der Waals surface area contributed by atoms with Crippen molar-refractivity contribution in [2.75, 3.05) is 19.4 Å². The van der Waals surface area contributed by atoms with E-state index in [9.17, 15) is 8.42 Å². The maximum absolute atomic E-state index is 12.4. The van der Waals surface area contributed by atoms with E-state index >= 15 is 0 Å². The van der Waals surface area contributed by atoms with Gasteiger partial charge in [0.2, 0.25) is 10.0 Å². The second-order valence-electron chi connectivity index (χ2n) is 5.12. The molecule has 1 aromatic carbocycles. The van der Waals surface area contributed by atoms with Gasteiger partial charge in [0.15, 0.2) is 0 Å². The van der Waals surface area contributed by atoms with Crippen LogP contribution in [0.3, 0.4) is 0 Å². The van der Waals surface area contributed by atoms with Crippen LogP contribution in [0.5, 0.6) is 5.75 Å². The summed E-state index contributed by atoms with van der Waals surface area (Å²) in [4.78, 5) is 0.239. The van der Waals surface area contributed by atoms with Crippen molar-refractivity contribution in [3.63, 3.8) is 0 Å². The molecule has 0 saturated heterocycles. The van der Waals surface area contributed by atoms with Crippen LogP contribution in [0.2, 0.25) is 0 Å². The molecule has 0 aromatic heterocycles. The highest BCUT2D eigenvalue weighted by Crippen LogP contribution is 2.46. The molecule has 0 aliphatic heterocycles. The highest BCUT2D eigenvalue weighted by molar-refractivity contribution is 8.00. The summed E-state index contributed by atoms with van der Waals surface area (Å²) in [6.07, 6.45) is 4.15. The third kappa shape index (κ3) is 3.91. The number of thioether (sulfide) groups is 1. The first-order chi connectivity index (χ1) is 9.96. The van der Waals surface area contributed by atoms with Gasteiger partial charge < -0.3 is 10.5 Å². The van der Waals surface area contributed by atoms with Gasteiger partial charge >= 0.3 is 0 Å². The molecule has 21 heavy (non-hydrogen) atoms. The SMILES string of the molecule is CCOc1ccc(S(=O)(=O)NCC2(SC)CC2)cc1CN. The molecule has 118 valence electrons. The van der Waals surface area contributed by atoms with E-state index in [2.05, 4.69) is 4.72 Å². The van der Waals surface area contributed by atoms with Crippen molar-refractivity contribution in [1.82, 2.24) is 4.72 Å². The average Bonchev–Trinajstić information content (AvgIpc) is 3.26. The number of sulfonamides is 1. The van der Waals surface area contributed by atoms with Crippen LogP contribution in [-0.4, -0.2) is 32.6 Å². The van der Waals surface area contributed by atoms with Crippen LogP contribution in [-0.2, 0) is 16.6 Å². The van der Waals surface area contributed by atoms with Crippen LogP contribution < -0.4 is 15.2 Å². The number of hydrogen-bond acceptors (Lipinski definition) is 5. The molecule has 0 radical (unpaired) electrons. The Bertz CT molecular complexity index is 598. The minimum atomic E-state index is -3.50.